The van der Waals surface area contributed by atoms with Gasteiger partial charge in [-0.2, -0.15) is 0 Å². The van der Waals surface area contributed by atoms with Gasteiger partial charge in [0.1, 0.15) is 0 Å². The first kappa shape index (κ1) is 12.2. The molecule has 0 radical (unpaired) electrons. The molecule has 0 saturated heterocycles. The van der Waals surface area contributed by atoms with Crippen molar-refractivity contribution in [3.8, 4) is 11.5 Å². The summed E-state index contributed by atoms with van der Waals surface area (Å²) >= 11 is 0. The van der Waals surface area contributed by atoms with Crippen molar-refractivity contribution in [1.29, 1.82) is 0 Å². The summed E-state index contributed by atoms with van der Waals surface area (Å²) in [6.45, 7) is 4.42. The maximum absolute atomic E-state index is 8.67. The van der Waals surface area contributed by atoms with Crippen LogP contribution in [0.15, 0.2) is 12.1 Å². The highest BCUT2D eigenvalue weighted by atomic mass is 16.7. The maximum atomic E-state index is 8.67. The van der Waals surface area contributed by atoms with Crippen LogP contribution in [0.25, 0.3) is 0 Å². The van der Waals surface area contributed by atoms with E-state index in [1.54, 1.807) is 0 Å². The standard InChI is InChI=1S/C13H19NO3/c1-10-6-12-13(17-9-16-12)7-11(10)8-14-4-2-3-5-15/h6-7,14-15H,2-5,8-9H2,1H3. The minimum absolute atomic E-state index is 0.269. The molecule has 2 rings (SSSR count). The molecule has 17 heavy (non-hydrogen) atoms. The summed E-state index contributed by atoms with van der Waals surface area (Å²) in [7, 11) is 0. The summed E-state index contributed by atoms with van der Waals surface area (Å²) in [6, 6.07) is 4.06. The molecule has 0 spiro atoms. The Morgan fingerprint density at radius 3 is 2.76 bits per heavy atom. The van der Waals surface area contributed by atoms with Gasteiger partial charge in [0.25, 0.3) is 0 Å². The first-order valence-corrected chi connectivity index (χ1v) is 6.02. The summed E-state index contributed by atoms with van der Waals surface area (Å²) in [6.07, 6.45) is 1.85. The third-order valence-corrected chi connectivity index (χ3v) is 2.91. The van der Waals surface area contributed by atoms with Gasteiger partial charge in [-0.1, -0.05) is 0 Å². The number of nitrogens with one attached hydrogen (secondary N) is 1. The number of aliphatic hydroxyl groups is 1. The van der Waals surface area contributed by atoms with Crippen LogP contribution in [-0.2, 0) is 6.54 Å². The number of rotatable bonds is 6. The second-order valence-electron chi connectivity index (χ2n) is 4.24. The SMILES string of the molecule is Cc1cc2c(cc1CNCCCCO)OCO2. The fraction of sp³-hybridized carbons (Fsp3) is 0.538. The molecule has 1 aliphatic heterocycles. The number of fused-ring (bicyclic) bond motifs is 1. The molecule has 0 fully saturated rings. The van der Waals surface area contributed by atoms with Crippen LogP contribution in [0.2, 0.25) is 0 Å². The molecule has 1 aromatic carbocycles. The highest BCUT2D eigenvalue weighted by Gasteiger charge is 2.15. The fourth-order valence-corrected chi connectivity index (χ4v) is 1.86. The Kier molecular flexibility index (Phi) is 4.23. The van der Waals surface area contributed by atoms with Gasteiger partial charge >= 0.3 is 0 Å². The summed E-state index contributed by atoms with van der Waals surface area (Å²) in [5.41, 5.74) is 2.45. The quantitative estimate of drug-likeness (QED) is 0.738. The Labute approximate surface area is 102 Å². The number of ether oxygens (including phenoxy) is 2. The van der Waals surface area contributed by atoms with E-state index in [1.165, 1.54) is 11.1 Å². The number of hydrogen-bond acceptors (Lipinski definition) is 4. The zero-order chi connectivity index (χ0) is 12.1. The van der Waals surface area contributed by atoms with Crippen molar-refractivity contribution >= 4 is 0 Å². The lowest BCUT2D eigenvalue weighted by Crippen LogP contribution is -2.15. The van der Waals surface area contributed by atoms with Crippen molar-refractivity contribution in [3.63, 3.8) is 0 Å². The Balaban J connectivity index is 1.88. The summed E-state index contributed by atoms with van der Waals surface area (Å²) in [5.74, 6) is 1.68. The van der Waals surface area contributed by atoms with Crippen molar-refractivity contribution in [2.75, 3.05) is 19.9 Å². The second kappa shape index (κ2) is 5.89. The summed E-state index contributed by atoms with van der Waals surface area (Å²) in [4.78, 5) is 0. The second-order valence-corrected chi connectivity index (χ2v) is 4.24. The van der Waals surface area contributed by atoms with E-state index in [9.17, 15) is 0 Å². The van der Waals surface area contributed by atoms with Crippen molar-refractivity contribution < 1.29 is 14.6 Å². The topological polar surface area (TPSA) is 50.7 Å². The zero-order valence-corrected chi connectivity index (χ0v) is 10.2. The van der Waals surface area contributed by atoms with E-state index in [-0.39, 0.29) is 6.61 Å². The van der Waals surface area contributed by atoms with Crippen LogP contribution in [0.3, 0.4) is 0 Å². The number of hydrogen-bond donors (Lipinski definition) is 2. The molecule has 94 valence electrons. The molecular formula is C13H19NO3. The van der Waals surface area contributed by atoms with Crippen molar-refractivity contribution in [2.45, 2.75) is 26.3 Å². The smallest absolute Gasteiger partial charge is 0.231 e. The number of unbranched alkanes of at least 4 members (excludes halogenated alkanes) is 1. The van der Waals surface area contributed by atoms with Crippen LogP contribution in [0.1, 0.15) is 24.0 Å². The van der Waals surface area contributed by atoms with E-state index < -0.39 is 0 Å². The molecule has 1 aliphatic rings. The van der Waals surface area contributed by atoms with Gasteiger partial charge in [-0.25, -0.2) is 0 Å². The molecule has 0 amide bonds. The highest BCUT2D eigenvalue weighted by Crippen LogP contribution is 2.34. The Bertz CT molecular complexity index is 379. The van der Waals surface area contributed by atoms with Gasteiger partial charge in [0.2, 0.25) is 6.79 Å². The molecule has 0 atom stereocenters. The Morgan fingerprint density at radius 2 is 2.00 bits per heavy atom. The molecule has 4 heteroatoms. The zero-order valence-electron chi connectivity index (χ0n) is 10.2. The minimum atomic E-state index is 0.269. The molecule has 1 aromatic rings. The lowest BCUT2D eigenvalue weighted by atomic mass is 10.1. The van der Waals surface area contributed by atoms with Crippen molar-refractivity contribution in [3.05, 3.63) is 23.3 Å². The third-order valence-electron chi connectivity index (χ3n) is 2.91. The highest BCUT2D eigenvalue weighted by molar-refractivity contribution is 5.48. The normalized spacial score (nSPS) is 13.1. The fourth-order valence-electron chi connectivity index (χ4n) is 1.86. The first-order valence-electron chi connectivity index (χ1n) is 6.02. The van der Waals surface area contributed by atoms with Crippen molar-refractivity contribution in [1.82, 2.24) is 5.32 Å². The lowest BCUT2D eigenvalue weighted by molar-refractivity contribution is 0.174. The van der Waals surface area contributed by atoms with Crippen LogP contribution in [-0.4, -0.2) is 25.1 Å². The molecule has 0 aromatic heterocycles. The predicted octanol–water partition coefficient (Wildman–Crippen LogP) is 1.59. The monoisotopic (exact) mass is 237 g/mol. The molecule has 0 saturated carbocycles. The van der Waals surface area contributed by atoms with Crippen LogP contribution in [0, 0.1) is 6.92 Å². The van der Waals surface area contributed by atoms with E-state index in [1.807, 2.05) is 12.1 Å². The van der Waals surface area contributed by atoms with Gasteiger partial charge < -0.3 is 19.9 Å². The van der Waals surface area contributed by atoms with Gasteiger partial charge in [-0.05, 0) is 49.6 Å². The van der Waals surface area contributed by atoms with Crippen LogP contribution in [0.4, 0.5) is 0 Å². The lowest BCUT2D eigenvalue weighted by Gasteiger charge is -2.08. The molecule has 1 heterocycles. The molecule has 2 N–H and O–H groups in total. The molecule has 0 aliphatic carbocycles. The van der Waals surface area contributed by atoms with E-state index in [0.29, 0.717) is 6.79 Å². The van der Waals surface area contributed by atoms with Gasteiger partial charge in [0.05, 0.1) is 0 Å². The van der Waals surface area contributed by atoms with Gasteiger partial charge in [-0.3, -0.25) is 0 Å². The average molecular weight is 237 g/mol. The average Bonchev–Trinajstić information content (AvgIpc) is 2.76. The minimum Gasteiger partial charge on any atom is -0.454 e. The molecule has 4 nitrogen and oxygen atoms in total. The Hall–Kier alpha value is -1.26. The molecule has 0 unspecified atom stereocenters. The van der Waals surface area contributed by atoms with E-state index in [4.69, 9.17) is 14.6 Å². The number of aryl methyl sites for hydroxylation is 1. The Morgan fingerprint density at radius 1 is 1.24 bits per heavy atom. The predicted molar refractivity (Wildman–Crippen MR) is 65.3 cm³/mol. The molecule has 0 bridgehead atoms. The largest absolute Gasteiger partial charge is 0.454 e. The van der Waals surface area contributed by atoms with Crippen LogP contribution >= 0.6 is 0 Å². The van der Waals surface area contributed by atoms with Gasteiger partial charge in [-0.15, -0.1) is 0 Å². The number of aliphatic hydroxyl groups excluding tert-OH is 1. The van der Waals surface area contributed by atoms with E-state index >= 15 is 0 Å². The van der Waals surface area contributed by atoms with Gasteiger partial charge in [0, 0.05) is 13.2 Å². The van der Waals surface area contributed by atoms with Crippen LogP contribution < -0.4 is 14.8 Å². The summed E-state index contributed by atoms with van der Waals surface area (Å²) in [5, 5.41) is 12.0. The van der Waals surface area contributed by atoms with Gasteiger partial charge in [0.15, 0.2) is 11.5 Å². The van der Waals surface area contributed by atoms with Crippen LogP contribution in [0.5, 0.6) is 11.5 Å². The third kappa shape index (κ3) is 3.11. The summed E-state index contributed by atoms with van der Waals surface area (Å²) < 4.78 is 10.7. The van der Waals surface area contributed by atoms with E-state index in [0.717, 1.165) is 37.4 Å². The van der Waals surface area contributed by atoms with E-state index in [2.05, 4.69) is 12.2 Å². The van der Waals surface area contributed by atoms with Crippen molar-refractivity contribution in [2.24, 2.45) is 0 Å². The first-order chi connectivity index (χ1) is 8.31. The molecular weight excluding hydrogens is 218 g/mol. The maximum Gasteiger partial charge on any atom is 0.231 e. The number of benzene rings is 1.